The monoisotopic (exact) mass is 581 g/mol. The molecule has 4 aromatic rings. The number of amides is 1. The van der Waals surface area contributed by atoms with Gasteiger partial charge in [0, 0.05) is 11.6 Å². The number of hydrogen-bond donors (Lipinski definition) is 2. The molecule has 0 aliphatic carbocycles. The summed E-state index contributed by atoms with van der Waals surface area (Å²) < 4.78 is 37.1. The number of carbonyl (C=O) groups is 1. The summed E-state index contributed by atoms with van der Waals surface area (Å²) >= 11 is 6.45. The quantitative estimate of drug-likeness (QED) is 0.277. The van der Waals surface area contributed by atoms with Crippen LogP contribution >= 0.6 is 11.6 Å². The Morgan fingerprint density at radius 3 is 2.63 bits per heavy atom. The molecule has 1 aliphatic heterocycles. The van der Waals surface area contributed by atoms with E-state index in [2.05, 4.69) is 20.3 Å². The first-order valence-electron chi connectivity index (χ1n) is 13.3. The summed E-state index contributed by atoms with van der Waals surface area (Å²) in [4.78, 5) is 38.9. The Kier molecular flexibility index (Phi) is 8.06. The zero-order valence-electron chi connectivity index (χ0n) is 22.9. The number of hydrogen-bond acceptors (Lipinski definition) is 6. The number of nitrogens with one attached hydrogen (secondary N) is 2. The molecule has 0 radical (unpaired) electrons. The van der Waals surface area contributed by atoms with Crippen LogP contribution in [0.2, 0.25) is 5.02 Å². The summed E-state index contributed by atoms with van der Waals surface area (Å²) in [5.74, 6) is -3.55. The van der Waals surface area contributed by atoms with Crippen molar-refractivity contribution >= 4 is 34.2 Å². The topological polar surface area (TPSA) is 100 Å². The standard InChI is InChI=1S/C30H30ClF2N5O3/c1-17-10-18(2)12-19(11-17)26-27(41-15-30(32,33)24-6-4-5-9-38(24)3)21-13-20(22(31)14-23(21)36-29(26)40)28(39)37-25-7-8-34-16-35-25/h7-8,10-14,16,24H,4-6,9,15H2,1-3H3,(H,36,40)(H,34,35,37,39)/t24-/m0/s1. The third kappa shape index (κ3) is 6.08. The van der Waals surface area contributed by atoms with Gasteiger partial charge >= 0.3 is 0 Å². The van der Waals surface area contributed by atoms with Gasteiger partial charge in [-0.3, -0.25) is 14.5 Å². The predicted molar refractivity (Wildman–Crippen MR) is 155 cm³/mol. The fourth-order valence-electron chi connectivity index (χ4n) is 5.41. The van der Waals surface area contributed by atoms with Crippen LogP contribution in [-0.2, 0) is 0 Å². The number of anilines is 1. The lowest BCUT2D eigenvalue weighted by Gasteiger charge is -2.37. The van der Waals surface area contributed by atoms with Gasteiger partial charge in [0.05, 0.1) is 27.7 Å². The van der Waals surface area contributed by atoms with E-state index in [1.807, 2.05) is 19.9 Å². The Bertz CT molecular complexity index is 1640. The number of alkyl halides is 2. The molecule has 3 heterocycles. The summed E-state index contributed by atoms with van der Waals surface area (Å²) in [6, 6.07) is 8.92. The van der Waals surface area contributed by atoms with Crippen molar-refractivity contribution in [3.05, 3.63) is 81.0 Å². The smallest absolute Gasteiger partial charge is 0.296 e. The van der Waals surface area contributed by atoms with E-state index in [-0.39, 0.29) is 38.6 Å². The number of pyridine rings is 1. The molecule has 214 valence electrons. The molecule has 11 heteroatoms. The minimum Gasteiger partial charge on any atom is -0.486 e. The summed E-state index contributed by atoms with van der Waals surface area (Å²) in [7, 11) is 1.69. The second-order valence-electron chi connectivity index (χ2n) is 10.5. The highest BCUT2D eigenvalue weighted by atomic mass is 35.5. The van der Waals surface area contributed by atoms with E-state index in [9.17, 15) is 9.59 Å². The minimum absolute atomic E-state index is 0.0420. The average Bonchev–Trinajstić information content (AvgIpc) is 2.91. The van der Waals surface area contributed by atoms with Gasteiger partial charge in [-0.2, -0.15) is 0 Å². The van der Waals surface area contributed by atoms with Crippen LogP contribution in [0.4, 0.5) is 14.6 Å². The third-order valence-corrected chi connectivity index (χ3v) is 7.61. The molecule has 1 amide bonds. The van der Waals surface area contributed by atoms with Crippen LogP contribution in [0, 0.1) is 13.8 Å². The number of ether oxygens (including phenoxy) is 1. The van der Waals surface area contributed by atoms with Crippen LogP contribution in [0.1, 0.15) is 40.7 Å². The first-order chi connectivity index (χ1) is 19.5. The molecule has 1 saturated heterocycles. The molecular formula is C30H30ClF2N5O3. The number of aryl methyl sites for hydroxylation is 2. The van der Waals surface area contributed by atoms with Crippen molar-refractivity contribution in [1.29, 1.82) is 0 Å². The number of aromatic nitrogens is 3. The highest BCUT2D eigenvalue weighted by molar-refractivity contribution is 6.35. The van der Waals surface area contributed by atoms with Crippen molar-refractivity contribution < 1.29 is 18.3 Å². The summed E-state index contributed by atoms with van der Waals surface area (Å²) in [6.45, 7) is 3.40. The van der Waals surface area contributed by atoms with Crippen LogP contribution in [0.25, 0.3) is 22.0 Å². The second-order valence-corrected chi connectivity index (χ2v) is 10.9. The van der Waals surface area contributed by atoms with E-state index in [4.69, 9.17) is 16.3 Å². The molecule has 0 spiro atoms. The second kappa shape index (κ2) is 11.5. The lowest BCUT2D eigenvalue weighted by Crippen LogP contribution is -2.51. The number of benzene rings is 2. The number of H-pyrrole nitrogens is 1. The lowest BCUT2D eigenvalue weighted by molar-refractivity contribution is -0.112. The van der Waals surface area contributed by atoms with Crippen molar-refractivity contribution in [2.45, 2.75) is 45.1 Å². The molecule has 2 aromatic carbocycles. The van der Waals surface area contributed by atoms with Crippen molar-refractivity contribution in [2.24, 2.45) is 0 Å². The number of fused-ring (bicyclic) bond motifs is 1. The largest absolute Gasteiger partial charge is 0.486 e. The Balaban J connectivity index is 1.64. The maximum Gasteiger partial charge on any atom is 0.296 e. The zero-order valence-corrected chi connectivity index (χ0v) is 23.7. The average molecular weight is 582 g/mol. The summed E-state index contributed by atoms with van der Waals surface area (Å²) in [5.41, 5.74) is 2.17. The molecular weight excluding hydrogens is 552 g/mol. The van der Waals surface area contributed by atoms with E-state index in [1.54, 1.807) is 24.1 Å². The van der Waals surface area contributed by atoms with Crippen molar-refractivity contribution in [3.8, 4) is 16.9 Å². The molecule has 1 aliphatic rings. The molecule has 2 aromatic heterocycles. The van der Waals surface area contributed by atoms with Gasteiger partial charge in [0.1, 0.15) is 17.9 Å². The number of halogens is 3. The fraction of sp³-hybridized carbons (Fsp3) is 0.333. The van der Waals surface area contributed by atoms with Crippen LogP contribution < -0.4 is 15.6 Å². The van der Waals surface area contributed by atoms with E-state index < -0.39 is 30.0 Å². The number of carbonyl (C=O) groups excluding carboxylic acids is 1. The Morgan fingerprint density at radius 1 is 1.20 bits per heavy atom. The summed E-state index contributed by atoms with van der Waals surface area (Å²) in [6.07, 6.45) is 4.67. The molecule has 1 atom stereocenters. The first-order valence-corrected chi connectivity index (χ1v) is 13.7. The molecule has 8 nitrogen and oxygen atoms in total. The SMILES string of the molecule is Cc1cc(C)cc(-c2c(OCC(F)(F)[C@@H]3CCCCN3C)c3cc(C(=O)Nc4ccncn4)c(Cl)cc3[nH]c2=O)c1. The van der Waals surface area contributed by atoms with Crippen LogP contribution in [0.3, 0.4) is 0 Å². The Labute approximate surface area is 240 Å². The van der Waals surface area contributed by atoms with Gasteiger partial charge in [-0.05, 0) is 64.0 Å². The van der Waals surface area contributed by atoms with E-state index in [0.29, 0.717) is 24.9 Å². The highest BCUT2D eigenvalue weighted by Gasteiger charge is 2.44. The van der Waals surface area contributed by atoms with Crippen LogP contribution in [-0.4, -0.2) is 57.9 Å². The number of rotatable bonds is 7. The van der Waals surface area contributed by atoms with Gasteiger partial charge in [-0.15, -0.1) is 0 Å². The third-order valence-electron chi connectivity index (χ3n) is 7.30. The number of nitrogens with zero attached hydrogens (tertiary/aromatic N) is 3. The maximum absolute atomic E-state index is 15.6. The fourth-order valence-corrected chi connectivity index (χ4v) is 5.66. The van der Waals surface area contributed by atoms with Crippen molar-refractivity contribution in [3.63, 3.8) is 0 Å². The normalized spacial score (nSPS) is 16.1. The van der Waals surface area contributed by atoms with Crippen LogP contribution in [0.5, 0.6) is 5.75 Å². The van der Waals surface area contributed by atoms with Gasteiger partial charge in [0.2, 0.25) is 0 Å². The summed E-state index contributed by atoms with van der Waals surface area (Å²) in [5, 5.41) is 2.97. The van der Waals surface area contributed by atoms with Gasteiger partial charge < -0.3 is 15.0 Å². The predicted octanol–water partition coefficient (Wildman–Crippen LogP) is 6.01. The molecule has 0 unspecified atom stereocenters. The number of piperidine rings is 1. The number of likely N-dealkylation sites (tertiary alicyclic amines) is 1. The Morgan fingerprint density at radius 2 is 1.95 bits per heavy atom. The van der Waals surface area contributed by atoms with Gasteiger partial charge in [-0.25, -0.2) is 18.7 Å². The first kappa shape index (κ1) is 28.6. The van der Waals surface area contributed by atoms with Gasteiger partial charge in [0.25, 0.3) is 17.4 Å². The van der Waals surface area contributed by atoms with E-state index in [1.165, 1.54) is 30.7 Å². The Hall–Kier alpha value is -3.89. The zero-order chi connectivity index (χ0) is 29.3. The van der Waals surface area contributed by atoms with Gasteiger partial charge in [0.15, 0.2) is 6.61 Å². The van der Waals surface area contributed by atoms with Crippen molar-refractivity contribution in [2.75, 3.05) is 25.5 Å². The van der Waals surface area contributed by atoms with E-state index >= 15 is 8.78 Å². The molecule has 5 rings (SSSR count). The minimum atomic E-state index is -3.19. The lowest BCUT2D eigenvalue weighted by atomic mass is 9.97. The molecule has 41 heavy (non-hydrogen) atoms. The molecule has 1 fully saturated rings. The highest BCUT2D eigenvalue weighted by Crippen LogP contribution is 2.38. The molecule has 0 bridgehead atoms. The number of aromatic amines is 1. The molecule has 0 saturated carbocycles. The maximum atomic E-state index is 15.6. The van der Waals surface area contributed by atoms with Crippen molar-refractivity contribution in [1.82, 2.24) is 19.9 Å². The van der Waals surface area contributed by atoms with E-state index in [0.717, 1.165) is 17.5 Å². The van der Waals surface area contributed by atoms with Gasteiger partial charge in [-0.1, -0.05) is 47.3 Å². The van der Waals surface area contributed by atoms with Crippen LogP contribution in [0.15, 0.2) is 53.7 Å². The molecule has 2 N–H and O–H groups in total.